The molecule has 2 atom stereocenters. The summed E-state index contributed by atoms with van der Waals surface area (Å²) in [6.45, 7) is 1.09. The van der Waals surface area contributed by atoms with Gasteiger partial charge in [0.05, 0.1) is 38.2 Å². The Hall–Kier alpha value is -5.04. The van der Waals surface area contributed by atoms with Crippen molar-refractivity contribution in [2.24, 2.45) is 9.98 Å². The van der Waals surface area contributed by atoms with Crippen LogP contribution in [0.15, 0.2) is 93.7 Å². The van der Waals surface area contributed by atoms with Gasteiger partial charge in [-0.15, -0.1) is 0 Å². The van der Waals surface area contributed by atoms with Crippen LogP contribution in [0, 0.1) is 0 Å². The Morgan fingerprint density at radius 3 is 1.81 bits per heavy atom. The average Bonchev–Trinajstić information content (AvgIpc) is 3.30. The van der Waals surface area contributed by atoms with E-state index >= 15 is 0 Å². The van der Waals surface area contributed by atoms with Crippen molar-refractivity contribution in [2.45, 2.75) is 68.8 Å². The lowest BCUT2D eigenvalue weighted by Crippen LogP contribution is -2.41. The number of hydrogen-bond donors (Lipinski definition) is 0. The number of fused-ring (bicyclic) bond motifs is 4. The second-order valence-electron chi connectivity index (χ2n) is 11.9. The SMILES string of the molecule is COC(=O)N1C2=NCc3ccccc3CN2C(=O)C1CCCCC1C(=O)N2Cc3ccccc3CN=C2N1S(=O)(=O)c1ccccc1. The zero-order chi connectivity index (χ0) is 32.7. The van der Waals surface area contributed by atoms with Gasteiger partial charge in [-0.05, 0) is 47.2 Å². The number of rotatable bonds is 7. The Morgan fingerprint density at radius 1 is 0.723 bits per heavy atom. The summed E-state index contributed by atoms with van der Waals surface area (Å²) in [4.78, 5) is 54.3. The molecule has 0 saturated carbocycles. The van der Waals surface area contributed by atoms with E-state index in [2.05, 4.69) is 9.98 Å². The maximum Gasteiger partial charge on any atom is 0.417 e. The molecule has 0 N–H and O–H groups in total. The number of aliphatic imine (C=N–C) groups is 2. The van der Waals surface area contributed by atoms with Gasteiger partial charge in [0.2, 0.25) is 11.9 Å². The summed E-state index contributed by atoms with van der Waals surface area (Å²) in [5, 5.41) is 0. The molecule has 2 unspecified atom stereocenters. The molecule has 3 aromatic carbocycles. The van der Waals surface area contributed by atoms with Crippen LogP contribution in [0.25, 0.3) is 0 Å². The summed E-state index contributed by atoms with van der Waals surface area (Å²) in [7, 11) is -2.86. The third-order valence-electron chi connectivity index (χ3n) is 9.14. The predicted molar refractivity (Wildman–Crippen MR) is 172 cm³/mol. The molecular weight excluding hydrogens is 620 g/mol. The first-order valence-corrected chi connectivity index (χ1v) is 17.1. The fourth-order valence-corrected chi connectivity index (χ4v) is 8.38. The first-order valence-electron chi connectivity index (χ1n) is 15.6. The molecule has 242 valence electrons. The fraction of sp³-hybridized carbons (Fsp3) is 0.324. The van der Waals surface area contributed by atoms with Gasteiger partial charge < -0.3 is 4.74 Å². The van der Waals surface area contributed by atoms with Crippen LogP contribution in [0.1, 0.15) is 47.9 Å². The van der Waals surface area contributed by atoms with Gasteiger partial charge in [0.1, 0.15) is 12.1 Å². The van der Waals surface area contributed by atoms with Crippen molar-refractivity contribution in [3.8, 4) is 0 Å². The molecule has 3 amide bonds. The van der Waals surface area contributed by atoms with Crippen LogP contribution in [0.2, 0.25) is 0 Å². The number of ether oxygens (including phenoxy) is 1. The number of unbranched alkanes of at least 4 members (excludes halogenated alkanes) is 1. The van der Waals surface area contributed by atoms with Crippen molar-refractivity contribution in [3.63, 3.8) is 0 Å². The van der Waals surface area contributed by atoms with Crippen LogP contribution in [0.3, 0.4) is 0 Å². The van der Waals surface area contributed by atoms with Crippen molar-refractivity contribution in [1.82, 2.24) is 19.0 Å². The number of benzene rings is 3. The van der Waals surface area contributed by atoms with Gasteiger partial charge in [0.25, 0.3) is 21.8 Å². The van der Waals surface area contributed by atoms with E-state index in [1.807, 2.05) is 48.5 Å². The van der Waals surface area contributed by atoms with E-state index in [0.717, 1.165) is 22.3 Å². The number of hydrogen-bond acceptors (Lipinski definition) is 8. The predicted octanol–water partition coefficient (Wildman–Crippen LogP) is 3.87. The summed E-state index contributed by atoms with van der Waals surface area (Å²) < 4.78 is 34.4. The van der Waals surface area contributed by atoms with Gasteiger partial charge in [-0.2, -0.15) is 0 Å². The van der Waals surface area contributed by atoms with E-state index in [9.17, 15) is 22.8 Å². The number of sulfonamides is 1. The molecule has 2 saturated heterocycles. The molecule has 3 aromatic rings. The molecule has 0 radical (unpaired) electrons. The van der Waals surface area contributed by atoms with E-state index in [0.29, 0.717) is 25.9 Å². The number of methoxy groups -OCH3 is 1. The summed E-state index contributed by atoms with van der Waals surface area (Å²) in [6.07, 6.45) is 0.686. The Kier molecular flexibility index (Phi) is 8.00. The van der Waals surface area contributed by atoms with E-state index in [-0.39, 0.29) is 54.6 Å². The van der Waals surface area contributed by atoms with Gasteiger partial charge in [-0.25, -0.2) is 32.4 Å². The standard InChI is InChI=1S/C34H34N6O6S/c1-46-34(43)39-28(30(41)37-21-25-13-7-5-11-23(25)19-35-32(37)39)17-9-10-18-29-31(42)38-22-26-14-8-6-12-24(26)20-36-33(38)40(29)47(44,45)27-15-3-2-4-16-27/h2-8,11-16,28-29H,9-10,17-22H2,1H3. The highest BCUT2D eigenvalue weighted by Gasteiger charge is 2.51. The molecule has 4 aliphatic rings. The van der Waals surface area contributed by atoms with Gasteiger partial charge in [0.15, 0.2) is 0 Å². The van der Waals surface area contributed by atoms with Crippen molar-refractivity contribution >= 4 is 39.8 Å². The summed E-state index contributed by atoms with van der Waals surface area (Å²) in [6, 6.07) is 21.6. The van der Waals surface area contributed by atoms with E-state index < -0.39 is 28.2 Å². The second kappa shape index (κ2) is 12.3. The Labute approximate surface area is 273 Å². The summed E-state index contributed by atoms with van der Waals surface area (Å²) in [5.41, 5.74) is 3.80. The van der Waals surface area contributed by atoms with Gasteiger partial charge in [0, 0.05) is 0 Å². The maximum atomic E-state index is 14.1. The quantitative estimate of drug-likeness (QED) is 0.356. The van der Waals surface area contributed by atoms with Crippen molar-refractivity contribution in [2.75, 3.05) is 7.11 Å². The molecule has 12 nitrogen and oxygen atoms in total. The van der Waals surface area contributed by atoms with Crippen LogP contribution in [0.5, 0.6) is 0 Å². The largest absolute Gasteiger partial charge is 0.452 e. The minimum atomic E-state index is -4.13. The van der Waals surface area contributed by atoms with Crippen molar-refractivity contribution < 1.29 is 27.5 Å². The molecule has 47 heavy (non-hydrogen) atoms. The molecule has 2 fully saturated rings. The van der Waals surface area contributed by atoms with Crippen LogP contribution in [0.4, 0.5) is 4.79 Å². The molecule has 0 aromatic heterocycles. The lowest BCUT2D eigenvalue weighted by molar-refractivity contribution is -0.129. The average molecular weight is 655 g/mol. The zero-order valence-electron chi connectivity index (χ0n) is 25.9. The topological polar surface area (TPSA) is 132 Å². The molecule has 4 aliphatic heterocycles. The Bertz CT molecular complexity index is 1910. The minimum Gasteiger partial charge on any atom is -0.452 e. The second-order valence-corrected chi connectivity index (χ2v) is 13.7. The smallest absolute Gasteiger partial charge is 0.417 e. The highest BCUT2D eigenvalue weighted by molar-refractivity contribution is 7.89. The first kappa shape index (κ1) is 30.6. The number of amides is 3. The van der Waals surface area contributed by atoms with Gasteiger partial charge in [-0.1, -0.05) is 79.6 Å². The molecule has 13 heteroatoms. The Balaban J connectivity index is 1.11. The number of guanidine groups is 2. The molecule has 0 spiro atoms. The van der Waals surface area contributed by atoms with Crippen LogP contribution < -0.4 is 0 Å². The monoisotopic (exact) mass is 654 g/mol. The summed E-state index contributed by atoms with van der Waals surface area (Å²) in [5.74, 6) is -0.207. The molecular formula is C34H34N6O6S. The van der Waals surface area contributed by atoms with E-state index in [1.165, 1.54) is 38.2 Å². The third-order valence-corrected chi connectivity index (χ3v) is 10.9. The maximum absolute atomic E-state index is 14.1. The molecule has 0 aliphatic carbocycles. The normalized spacial score (nSPS) is 20.4. The number of nitrogens with zero attached hydrogens (tertiary/aromatic N) is 6. The highest BCUT2D eigenvalue weighted by atomic mass is 32.2. The fourth-order valence-electron chi connectivity index (χ4n) is 6.75. The first-order chi connectivity index (χ1) is 22.8. The Morgan fingerprint density at radius 2 is 1.21 bits per heavy atom. The van der Waals surface area contributed by atoms with Crippen LogP contribution in [-0.2, 0) is 50.5 Å². The number of carbonyl (C=O) groups is 3. The van der Waals surface area contributed by atoms with Crippen LogP contribution in [-0.4, -0.2) is 76.4 Å². The lowest BCUT2D eigenvalue weighted by Gasteiger charge is -2.24. The minimum absolute atomic E-state index is 0.0734. The van der Waals surface area contributed by atoms with Crippen LogP contribution >= 0.6 is 0 Å². The molecule has 7 rings (SSSR count). The lowest BCUT2D eigenvalue weighted by atomic mass is 10.0. The zero-order valence-corrected chi connectivity index (χ0v) is 26.7. The number of carbonyl (C=O) groups excluding carboxylic acids is 3. The van der Waals surface area contributed by atoms with Crippen molar-refractivity contribution in [1.29, 1.82) is 0 Å². The van der Waals surface area contributed by atoms with E-state index in [1.54, 1.807) is 18.2 Å². The van der Waals surface area contributed by atoms with Crippen molar-refractivity contribution in [3.05, 3.63) is 101 Å². The van der Waals surface area contributed by atoms with Gasteiger partial charge in [-0.3, -0.25) is 19.4 Å². The van der Waals surface area contributed by atoms with E-state index in [4.69, 9.17) is 4.74 Å². The highest BCUT2D eigenvalue weighted by Crippen LogP contribution is 2.34. The molecule has 4 heterocycles. The van der Waals surface area contributed by atoms with Gasteiger partial charge >= 0.3 is 6.09 Å². The molecule has 0 bridgehead atoms. The third kappa shape index (κ3) is 5.33. The summed E-state index contributed by atoms with van der Waals surface area (Å²) >= 11 is 0.